The third kappa shape index (κ3) is 2.41. The molecule has 0 bridgehead atoms. The molecule has 0 radical (unpaired) electrons. The summed E-state index contributed by atoms with van der Waals surface area (Å²) in [7, 11) is 0. The Balaban J connectivity index is 0. The summed E-state index contributed by atoms with van der Waals surface area (Å²) in [6.45, 7) is 1.73. The van der Waals surface area contributed by atoms with E-state index in [2.05, 4.69) is 15.6 Å². The number of aryl methyl sites for hydroxylation is 1. The molecule has 0 spiro atoms. The van der Waals surface area contributed by atoms with Gasteiger partial charge in [-0.2, -0.15) is 0 Å². The van der Waals surface area contributed by atoms with Crippen LogP contribution in [-0.2, 0) is 0 Å². The van der Waals surface area contributed by atoms with Crippen molar-refractivity contribution in [1.82, 2.24) is 14.9 Å². The third-order valence-electron chi connectivity index (χ3n) is 0.995. The number of halogens is 2. The summed E-state index contributed by atoms with van der Waals surface area (Å²) in [5, 5.41) is 7.22. The van der Waals surface area contributed by atoms with E-state index in [4.69, 9.17) is 11.7 Å². The summed E-state index contributed by atoms with van der Waals surface area (Å²) in [5.41, 5.74) is 2.28. The van der Waals surface area contributed by atoms with Gasteiger partial charge >= 0.3 is 0 Å². The Hall–Kier alpha value is -0.720. The SMILES string of the molecule is Cc1nnc(NN)n1N.Cl.Cl. The van der Waals surface area contributed by atoms with Crippen molar-refractivity contribution >= 4 is 30.8 Å². The number of nitrogens with zero attached hydrogens (tertiary/aromatic N) is 3. The van der Waals surface area contributed by atoms with E-state index < -0.39 is 0 Å². The third-order valence-corrected chi connectivity index (χ3v) is 0.995. The Morgan fingerprint density at radius 3 is 2.09 bits per heavy atom. The number of nitrogens with two attached hydrogens (primary N) is 2. The van der Waals surface area contributed by atoms with E-state index in [0.29, 0.717) is 11.8 Å². The summed E-state index contributed by atoms with van der Waals surface area (Å²) in [6.07, 6.45) is 0. The van der Waals surface area contributed by atoms with Crippen LogP contribution in [-0.4, -0.2) is 14.9 Å². The molecule has 0 aliphatic carbocycles. The lowest BCUT2D eigenvalue weighted by Crippen LogP contribution is -2.18. The maximum atomic E-state index is 5.36. The van der Waals surface area contributed by atoms with Crippen molar-refractivity contribution in [2.45, 2.75) is 6.92 Å². The van der Waals surface area contributed by atoms with Gasteiger partial charge in [-0.15, -0.1) is 35.0 Å². The normalized spacial score (nSPS) is 7.82. The molecule has 0 saturated carbocycles. The highest BCUT2D eigenvalue weighted by atomic mass is 35.5. The Morgan fingerprint density at radius 2 is 1.91 bits per heavy atom. The van der Waals surface area contributed by atoms with Crippen LogP contribution >= 0.6 is 24.8 Å². The summed E-state index contributed by atoms with van der Waals surface area (Å²) >= 11 is 0. The molecule has 0 amide bonds. The lowest BCUT2D eigenvalue weighted by atomic mass is 10.7. The summed E-state index contributed by atoms with van der Waals surface area (Å²) < 4.78 is 1.26. The zero-order chi connectivity index (χ0) is 6.85. The maximum Gasteiger partial charge on any atom is 0.257 e. The van der Waals surface area contributed by atoms with Gasteiger partial charge in [0.25, 0.3) is 5.95 Å². The summed E-state index contributed by atoms with van der Waals surface area (Å²) in [6, 6.07) is 0. The second kappa shape index (κ2) is 5.00. The lowest BCUT2D eigenvalue weighted by molar-refractivity contribution is 0.925. The van der Waals surface area contributed by atoms with Crippen LogP contribution in [0.2, 0.25) is 0 Å². The second-order valence-electron chi connectivity index (χ2n) is 1.59. The molecule has 0 aliphatic heterocycles. The zero-order valence-corrected chi connectivity index (χ0v) is 7.45. The fourth-order valence-corrected chi connectivity index (χ4v) is 0.468. The zero-order valence-electron chi connectivity index (χ0n) is 5.81. The highest BCUT2D eigenvalue weighted by Crippen LogP contribution is 1.96. The number of nitrogen functional groups attached to an aromatic ring is 2. The first kappa shape index (κ1) is 12.9. The Labute approximate surface area is 76.1 Å². The molecule has 0 fully saturated rings. The molecule has 1 heterocycles. The molecule has 0 unspecified atom stereocenters. The number of nitrogens with one attached hydrogen (secondary N) is 1. The fourth-order valence-electron chi connectivity index (χ4n) is 0.468. The molecule has 0 saturated heterocycles. The van der Waals surface area contributed by atoms with Gasteiger partial charge in [0.2, 0.25) is 0 Å². The minimum Gasteiger partial charge on any atom is -0.335 e. The van der Waals surface area contributed by atoms with Crippen molar-refractivity contribution in [3.63, 3.8) is 0 Å². The Kier molecular flexibility index (Phi) is 5.87. The lowest BCUT2D eigenvalue weighted by Gasteiger charge is -1.96. The van der Waals surface area contributed by atoms with Crippen molar-refractivity contribution in [3.05, 3.63) is 5.82 Å². The van der Waals surface area contributed by atoms with Crippen LogP contribution in [0.25, 0.3) is 0 Å². The first-order chi connectivity index (χ1) is 4.25. The quantitative estimate of drug-likeness (QED) is 0.417. The molecule has 6 nitrogen and oxygen atoms in total. The number of hydrogen-bond donors (Lipinski definition) is 3. The van der Waals surface area contributed by atoms with Crippen molar-refractivity contribution < 1.29 is 0 Å². The van der Waals surface area contributed by atoms with Gasteiger partial charge in [0.05, 0.1) is 0 Å². The topological polar surface area (TPSA) is 94.8 Å². The number of anilines is 1. The standard InChI is InChI=1S/C3H8N6.2ClH/c1-2-7-8-3(6-4)9(2)5;;/h4-5H2,1H3,(H,6,8);2*1H. The van der Waals surface area contributed by atoms with Crippen molar-refractivity contribution in [2.75, 3.05) is 11.3 Å². The van der Waals surface area contributed by atoms with Gasteiger partial charge in [-0.05, 0) is 6.92 Å². The van der Waals surface area contributed by atoms with E-state index in [-0.39, 0.29) is 24.8 Å². The van der Waals surface area contributed by atoms with E-state index >= 15 is 0 Å². The van der Waals surface area contributed by atoms with Crippen LogP contribution in [0.3, 0.4) is 0 Å². The molecule has 66 valence electrons. The smallest absolute Gasteiger partial charge is 0.257 e. The minimum atomic E-state index is 0. The molecule has 0 atom stereocenters. The molecule has 8 heteroatoms. The van der Waals surface area contributed by atoms with E-state index in [1.165, 1.54) is 4.68 Å². The van der Waals surface area contributed by atoms with Crippen LogP contribution < -0.4 is 17.1 Å². The molecule has 1 aromatic rings. The molecule has 1 aromatic heterocycles. The van der Waals surface area contributed by atoms with Crippen molar-refractivity contribution in [1.29, 1.82) is 0 Å². The molecule has 0 aliphatic rings. The average molecular weight is 201 g/mol. The highest BCUT2D eigenvalue weighted by molar-refractivity contribution is 5.85. The Morgan fingerprint density at radius 1 is 1.36 bits per heavy atom. The van der Waals surface area contributed by atoms with Gasteiger partial charge < -0.3 is 5.84 Å². The van der Waals surface area contributed by atoms with Gasteiger partial charge in [-0.1, -0.05) is 0 Å². The van der Waals surface area contributed by atoms with Crippen LogP contribution in [0.15, 0.2) is 0 Å². The van der Waals surface area contributed by atoms with Gasteiger partial charge in [0.1, 0.15) is 0 Å². The largest absolute Gasteiger partial charge is 0.335 e. The number of rotatable bonds is 1. The number of aromatic nitrogens is 3. The van der Waals surface area contributed by atoms with Gasteiger partial charge in [0.15, 0.2) is 5.82 Å². The number of hydrazine groups is 1. The predicted octanol–water partition coefficient (Wildman–Crippen LogP) is -0.570. The van der Waals surface area contributed by atoms with E-state index in [1.54, 1.807) is 6.92 Å². The van der Waals surface area contributed by atoms with Crippen LogP contribution in [0, 0.1) is 6.92 Å². The first-order valence-electron chi connectivity index (χ1n) is 2.39. The summed E-state index contributed by atoms with van der Waals surface area (Å²) in [5.74, 6) is 11.3. The van der Waals surface area contributed by atoms with Gasteiger partial charge in [0, 0.05) is 0 Å². The minimum absolute atomic E-state index is 0. The van der Waals surface area contributed by atoms with E-state index in [9.17, 15) is 0 Å². The fraction of sp³-hybridized carbons (Fsp3) is 0.333. The average Bonchev–Trinajstić information content (AvgIpc) is 2.15. The Bertz CT molecular complexity index is 210. The summed E-state index contributed by atoms with van der Waals surface area (Å²) in [4.78, 5) is 0. The highest BCUT2D eigenvalue weighted by Gasteiger charge is 2.00. The van der Waals surface area contributed by atoms with Crippen molar-refractivity contribution in [2.24, 2.45) is 5.84 Å². The molecule has 1 rings (SSSR count). The predicted molar refractivity (Wildman–Crippen MR) is 47.2 cm³/mol. The van der Waals surface area contributed by atoms with Crippen LogP contribution in [0.5, 0.6) is 0 Å². The van der Waals surface area contributed by atoms with Gasteiger partial charge in [-0.25, -0.2) is 10.5 Å². The van der Waals surface area contributed by atoms with E-state index in [0.717, 1.165) is 0 Å². The molecule has 5 N–H and O–H groups in total. The van der Waals surface area contributed by atoms with E-state index in [1.807, 2.05) is 0 Å². The van der Waals surface area contributed by atoms with Gasteiger partial charge in [-0.3, -0.25) is 5.43 Å². The van der Waals surface area contributed by atoms with Crippen LogP contribution in [0.4, 0.5) is 5.95 Å². The molecule has 11 heavy (non-hydrogen) atoms. The van der Waals surface area contributed by atoms with Crippen molar-refractivity contribution in [3.8, 4) is 0 Å². The number of hydrogen-bond acceptors (Lipinski definition) is 5. The molecular weight excluding hydrogens is 191 g/mol. The maximum absolute atomic E-state index is 5.36. The monoisotopic (exact) mass is 200 g/mol. The molecular formula is C3H10Cl2N6. The second-order valence-corrected chi connectivity index (χ2v) is 1.59. The first-order valence-corrected chi connectivity index (χ1v) is 2.39. The molecule has 0 aromatic carbocycles. The van der Waals surface area contributed by atoms with Crippen LogP contribution in [0.1, 0.15) is 5.82 Å².